The molecule has 5 heterocycles. The van der Waals surface area contributed by atoms with Crippen LogP contribution in [0.25, 0.3) is 39.3 Å². The number of ether oxygens (including phenoxy) is 1. The Morgan fingerprint density at radius 3 is 2.74 bits per heavy atom. The monoisotopic (exact) mass is 512 g/mol. The lowest BCUT2D eigenvalue weighted by Crippen LogP contribution is -2.41. The van der Waals surface area contributed by atoms with Crippen LogP contribution in [0.15, 0.2) is 49.5 Å². The lowest BCUT2D eigenvalue weighted by atomic mass is 10.1. The number of nitrogens with one attached hydrogen (secondary N) is 3. The Morgan fingerprint density at radius 2 is 1.97 bits per heavy atom. The van der Waals surface area contributed by atoms with E-state index in [0.717, 1.165) is 22.2 Å². The molecule has 1 aliphatic heterocycles. The predicted molar refractivity (Wildman–Crippen MR) is 144 cm³/mol. The van der Waals surface area contributed by atoms with Gasteiger partial charge < -0.3 is 19.9 Å². The molecule has 3 N–H and O–H groups in total. The number of morpholine rings is 1. The molecule has 0 aliphatic carbocycles. The zero-order valence-electron chi connectivity index (χ0n) is 21.2. The number of allylic oxidation sites excluding steroid dienone is 2. The van der Waals surface area contributed by atoms with Crippen LogP contribution in [0, 0.1) is 6.92 Å². The van der Waals surface area contributed by atoms with Crippen LogP contribution < -0.4 is 5.32 Å². The van der Waals surface area contributed by atoms with Crippen LogP contribution in [-0.2, 0) is 14.3 Å². The first-order chi connectivity index (χ1) is 18.5. The van der Waals surface area contributed by atoms with Crippen LogP contribution in [0.3, 0.4) is 0 Å². The maximum Gasteiger partial charge on any atom is 0.256 e. The summed E-state index contributed by atoms with van der Waals surface area (Å²) in [5.41, 5.74) is 5.12. The number of hydrogen-bond donors (Lipinski definition) is 3. The van der Waals surface area contributed by atoms with Crippen LogP contribution in [0.2, 0.25) is 0 Å². The van der Waals surface area contributed by atoms with E-state index in [0.29, 0.717) is 66.8 Å². The minimum atomic E-state index is -0.115. The van der Waals surface area contributed by atoms with Gasteiger partial charge in [0.25, 0.3) is 5.91 Å². The number of rotatable bonds is 7. The number of aromatic amines is 2. The molecule has 0 aromatic carbocycles. The zero-order chi connectivity index (χ0) is 26.6. The van der Waals surface area contributed by atoms with E-state index >= 15 is 0 Å². The molecule has 2 amide bonds. The van der Waals surface area contributed by atoms with Crippen molar-refractivity contribution >= 4 is 34.1 Å². The van der Waals surface area contributed by atoms with Crippen molar-refractivity contribution in [3.05, 3.63) is 60.8 Å². The molecule has 0 unspecified atom stereocenters. The highest BCUT2D eigenvalue weighted by Crippen LogP contribution is 2.30. The molecule has 0 saturated carbocycles. The number of anilines is 1. The second-order valence-corrected chi connectivity index (χ2v) is 8.84. The number of hydrogen-bond acceptors (Lipinski definition) is 7. The Hall–Kier alpha value is -4.64. The maximum atomic E-state index is 13.3. The van der Waals surface area contributed by atoms with Gasteiger partial charge in [0.1, 0.15) is 5.69 Å². The van der Waals surface area contributed by atoms with Crippen molar-refractivity contribution in [2.24, 2.45) is 0 Å². The molecule has 0 atom stereocenters. The molecule has 4 aromatic rings. The highest BCUT2D eigenvalue weighted by Gasteiger charge is 2.25. The molecule has 4 aromatic heterocycles. The van der Waals surface area contributed by atoms with Crippen molar-refractivity contribution in [1.29, 1.82) is 0 Å². The van der Waals surface area contributed by atoms with Crippen LogP contribution in [0.1, 0.15) is 24.7 Å². The van der Waals surface area contributed by atoms with Gasteiger partial charge >= 0.3 is 0 Å². The third kappa shape index (κ3) is 4.96. The minimum absolute atomic E-state index is 0.0874. The topological polar surface area (TPSA) is 142 Å². The largest absolute Gasteiger partial charge is 0.378 e. The quantitative estimate of drug-likeness (QED) is 0.254. The van der Waals surface area contributed by atoms with Gasteiger partial charge in [0, 0.05) is 48.7 Å². The van der Waals surface area contributed by atoms with Gasteiger partial charge in [0.05, 0.1) is 41.8 Å². The van der Waals surface area contributed by atoms with Gasteiger partial charge in [-0.05, 0) is 25.1 Å². The van der Waals surface area contributed by atoms with E-state index in [-0.39, 0.29) is 11.8 Å². The standard InChI is InChI=1S/C27H28N8O3/c1-4-6-20(27(37)35-7-9-38-10-8-35)23-16(3)30-26(32-23)24-21-12-18(14-29-25(21)34-33-24)17-11-19(15-28-13-17)31-22(36)5-2/h4,6,11-15H,1,5,7-10H2,2-3H3,(H,30,32)(H,31,36)(H,29,33,34)/b20-6+. The Labute approximate surface area is 219 Å². The fraction of sp³-hybridized carbons (Fsp3) is 0.259. The Morgan fingerprint density at radius 1 is 1.18 bits per heavy atom. The third-order valence-electron chi connectivity index (χ3n) is 6.28. The van der Waals surface area contributed by atoms with E-state index in [4.69, 9.17) is 9.72 Å². The molecular formula is C27H28N8O3. The number of H-pyrrole nitrogens is 2. The summed E-state index contributed by atoms with van der Waals surface area (Å²) in [6.07, 6.45) is 8.68. The Balaban J connectivity index is 1.50. The molecule has 1 saturated heterocycles. The molecule has 1 aliphatic rings. The lowest BCUT2D eigenvalue weighted by molar-refractivity contribution is -0.129. The van der Waals surface area contributed by atoms with E-state index in [1.807, 2.05) is 19.1 Å². The summed E-state index contributed by atoms with van der Waals surface area (Å²) in [5.74, 6) is 0.330. The van der Waals surface area contributed by atoms with E-state index in [1.165, 1.54) is 0 Å². The van der Waals surface area contributed by atoms with Crippen LogP contribution in [0.5, 0.6) is 0 Å². The van der Waals surface area contributed by atoms with Gasteiger partial charge in [0.2, 0.25) is 5.91 Å². The summed E-state index contributed by atoms with van der Waals surface area (Å²) in [5, 5.41) is 10.9. The van der Waals surface area contributed by atoms with Crippen LogP contribution in [-0.4, -0.2) is 73.2 Å². The second-order valence-electron chi connectivity index (χ2n) is 8.84. The summed E-state index contributed by atoms with van der Waals surface area (Å²) in [6, 6.07) is 3.79. The normalized spacial score (nSPS) is 14.1. The molecule has 11 heteroatoms. The van der Waals surface area contributed by atoms with Crippen molar-refractivity contribution < 1.29 is 14.3 Å². The van der Waals surface area contributed by atoms with Crippen molar-refractivity contribution in [1.82, 2.24) is 35.0 Å². The molecule has 1 fully saturated rings. The number of amides is 2. The first kappa shape index (κ1) is 25.0. The van der Waals surface area contributed by atoms with E-state index in [2.05, 4.69) is 37.0 Å². The molecule has 0 bridgehead atoms. The number of imidazole rings is 1. The first-order valence-corrected chi connectivity index (χ1v) is 12.3. The van der Waals surface area contributed by atoms with E-state index in [1.54, 1.807) is 42.6 Å². The van der Waals surface area contributed by atoms with Crippen molar-refractivity contribution in [2.75, 3.05) is 31.6 Å². The number of carbonyl (C=O) groups excluding carboxylic acids is 2. The number of carbonyl (C=O) groups is 2. The van der Waals surface area contributed by atoms with Gasteiger partial charge in [-0.1, -0.05) is 19.6 Å². The zero-order valence-corrected chi connectivity index (χ0v) is 21.2. The number of aromatic nitrogens is 6. The molecule has 194 valence electrons. The number of nitrogens with zero attached hydrogens (tertiary/aromatic N) is 5. The second kappa shape index (κ2) is 10.8. The minimum Gasteiger partial charge on any atom is -0.378 e. The summed E-state index contributed by atoms with van der Waals surface area (Å²) < 4.78 is 5.39. The molecule has 38 heavy (non-hydrogen) atoms. The molecule has 0 spiro atoms. The van der Waals surface area contributed by atoms with Crippen molar-refractivity contribution in [3.63, 3.8) is 0 Å². The molecule has 5 rings (SSSR count). The molecular weight excluding hydrogens is 484 g/mol. The Bertz CT molecular complexity index is 1540. The van der Waals surface area contributed by atoms with E-state index < -0.39 is 0 Å². The summed E-state index contributed by atoms with van der Waals surface area (Å²) >= 11 is 0. The highest BCUT2D eigenvalue weighted by atomic mass is 16.5. The predicted octanol–water partition coefficient (Wildman–Crippen LogP) is 3.50. The third-order valence-corrected chi connectivity index (χ3v) is 6.28. The van der Waals surface area contributed by atoms with Gasteiger partial charge in [-0.3, -0.25) is 19.7 Å². The molecule has 11 nitrogen and oxygen atoms in total. The van der Waals surface area contributed by atoms with Gasteiger partial charge in [0.15, 0.2) is 11.5 Å². The van der Waals surface area contributed by atoms with E-state index in [9.17, 15) is 9.59 Å². The summed E-state index contributed by atoms with van der Waals surface area (Å²) in [6.45, 7) is 9.53. The number of aryl methyl sites for hydroxylation is 1. The lowest BCUT2D eigenvalue weighted by Gasteiger charge is -2.27. The van der Waals surface area contributed by atoms with Crippen molar-refractivity contribution in [2.45, 2.75) is 20.3 Å². The van der Waals surface area contributed by atoms with Crippen molar-refractivity contribution in [3.8, 4) is 22.6 Å². The summed E-state index contributed by atoms with van der Waals surface area (Å²) in [4.78, 5) is 43.7. The van der Waals surface area contributed by atoms with Gasteiger partial charge in [-0.25, -0.2) is 9.97 Å². The SMILES string of the molecule is C=C/C=C(/C(=O)N1CCOCC1)c1nc(-c2[nH]nc3ncc(-c4cncc(NC(=O)CC)c4)cc23)[nH]c1C. The fourth-order valence-electron chi connectivity index (χ4n) is 4.30. The first-order valence-electron chi connectivity index (χ1n) is 12.3. The average molecular weight is 513 g/mol. The highest BCUT2D eigenvalue weighted by molar-refractivity contribution is 6.19. The smallest absolute Gasteiger partial charge is 0.256 e. The van der Waals surface area contributed by atoms with Gasteiger partial charge in [-0.15, -0.1) is 0 Å². The summed E-state index contributed by atoms with van der Waals surface area (Å²) in [7, 11) is 0. The van der Waals surface area contributed by atoms with Crippen LogP contribution >= 0.6 is 0 Å². The number of fused-ring (bicyclic) bond motifs is 1. The average Bonchev–Trinajstić information content (AvgIpc) is 3.54. The maximum absolute atomic E-state index is 13.3. The molecule has 0 radical (unpaired) electrons. The number of pyridine rings is 2. The fourth-order valence-corrected chi connectivity index (χ4v) is 4.30. The van der Waals surface area contributed by atoms with Gasteiger partial charge in [-0.2, -0.15) is 5.10 Å². The Kier molecular flexibility index (Phi) is 7.09. The van der Waals surface area contributed by atoms with Crippen LogP contribution in [0.4, 0.5) is 5.69 Å².